The quantitative estimate of drug-likeness (QED) is 0.670. The maximum absolute atomic E-state index is 13.3. The molecular weight excluding hydrogens is 237 g/mol. The number of nitrogens with two attached hydrogens (primary N) is 1. The monoisotopic (exact) mass is 246 g/mol. The summed E-state index contributed by atoms with van der Waals surface area (Å²) in [6, 6.07) is -0.105. The van der Waals surface area contributed by atoms with Crippen molar-refractivity contribution in [3.63, 3.8) is 0 Å². The van der Waals surface area contributed by atoms with E-state index in [1.54, 1.807) is 0 Å². The van der Waals surface area contributed by atoms with Crippen molar-refractivity contribution in [1.82, 2.24) is 5.32 Å². The van der Waals surface area contributed by atoms with Gasteiger partial charge in [0.1, 0.15) is 0 Å². The third-order valence-corrected chi connectivity index (χ3v) is 2.53. The predicted octanol–water partition coefficient (Wildman–Crippen LogP) is 0.639. The Kier molecular flexibility index (Phi) is 2.70. The van der Waals surface area contributed by atoms with Crippen molar-refractivity contribution in [2.24, 2.45) is 5.73 Å². The van der Waals surface area contributed by atoms with Gasteiger partial charge in [-0.2, -0.15) is 4.39 Å². The van der Waals surface area contributed by atoms with E-state index in [1.165, 1.54) is 0 Å². The van der Waals surface area contributed by atoms with Gasteiger partial charge in [0.25, 0.3) is 5.91 Å². The second-order valence-electron chi connectivity index (χ2n) is 3.86. The summed E-state index contributed by atoms with van der Waals surface area (Å²) in [5.41, 5.74) is 4.67. The minimum absolute atomic E-state index is 0.207. The molecule has 1 aromatic rings. The normalized spacial score (nSPS) is 22.4. The number of benzene rings is 1. The van der Waals surface area contributed by atoms with E-state index in [-0.39, 0.29) is 12.1 Å². The summed E-state index contributed by atoms with van der Waals surface area (Å²) in [4.78, 5) is 11.5. The van der Waals surface area contributed by atoms with Gasteiger partial charge in [-0.25, -0.2) is 8.78 Å². The van der Waals surface area contributed by atoms with Crippen LogP contribution in [0.4, 0.5) is 13.2 Å². The van der Waals surface area contributed by atoms with Crippen LogP contribution in [0.5, 0.6) is 5.75 Å². The first-order chi connectivity index (χ1) is 7.91. The Morgan fingerprint density at radius 1 is 1.41 bits per heavy atom. The van der Waals surface area contributed by atoms with Crippen LogP contribution in [0.3, 0.4) is 0 Å². The minimum Gasteiger partial charge on any atom is -0.503 e. The second-order valence-corrected chi connectivity index (χ2v) is 3.86. The highest BCUT2D eigenvalue weighted by molar-refractivity contribution is 5.95. The van der Waals surface area contributed by atoms with E-state index in [9.17, 15) is 18.0 Å². The van der Waals surface area contributed by atoms with Crippen molar-refractivity contribution in [2.45, 2.75) is 18.5 Å². The molecule has 7 heteroatoms. The Morgan fingerprint density at radius 2 is 2.00 bits per heavy atom. The lowest BCUT2D eigenvalue weighted by Gasteiger charge is -2.07. The largest absolute Gasteiger partial charge is 0.503 e. The topological polar surface area (TPSA) is 75.3 Å². The molecule has 1 aliphatic rings. The van der Waals surface area contributed by atoms with Gasteiger partial charge in [-0.3, -0.25) is 4.79 Å². The summed E-state index contributed by atoms with van der Waals surface area (Å²) in [6.45, 7) is 0. The van der Waals surface area contributed by atoms with Crippen LogP contribution < -0.4 is 11.1 Å². The fourth-order valence-electron chi connectivity index (χ4n) is 1.38. The molecule has 4 nitrogen and oxygen atoms in total. The zero-order chi connectivity index (χ0) is 12.7. The van der Waals surface area contributed by atoms with Gasteiger partial charge in [-0.15, -0.1) is 0 Å². The molecule has 1 aromatic carbocycles. The number of rotatable bonds is 2. The summed E-state index contributed by atoms with van der Waals surface area (Å²) in [5, 5.41) is 11.3. The number of halogens is 3. The number of hydrogen-bond acceptors (Lipinski definition) is 3. The molecule has 2 unspecified atom stereocenters. The Balaban J connectivity index is 2.29. The van der Waals surface area contributed by atoms with Crippen LogP contribution in [-0.4, -0.2) is 23.1 Å². The lowest BCUT2D eigenvalue weighted by atomic mass is 10.1. The smallest absolute Gasteiger partial charge is 0.254 e. The van der Waals surface area contributed by atoms with E-state index in [0.29, 0.717) is 12.5 Å². The van der Waals surface area contributed by atoms with E-state index in [1.807, 2.05) is 0 Å². The summed E-state index contributed by atoms with van der Waals surface area (Å²) in [6.07, 6.45) is 0.545. The standard InChI is InChI=1S/C10H9F3N2O2/c11-4-1-3(7(12)9(16)8(4)13)10(17)15-6-2-5(6)14/h1,5-6,16H,2,14H2,(H,15,17). The highest BCUT2D eigenvalue weighted by Gasteiger charge is 2.36. The van der Waals surface area contributed by atoms with Gasteiger partial charge in [-0.1, -0.05) is 0 Å². The van der Waals surface area contributed by atoms with Crippen molar-refractivity contribution >= 4 is 5.91 Å². The van der Waals surface area contributed by atoms with Crippen LogP contribution in [0.15, 0.2) is 6.07 Å². The van der Waals surface area contributed by atoms with Gasteiger partial charge in [0, 0.05) is 12.1 Å². The van der Waals surface area contributed by atoms with E-state index >= 15 is 0 Å². The molecule has 0 aliphatic heterocycles. The van der Waals surface area contributed by atoms with Gasteiger partial charge in [0.2, 0.25) is 5.82 Å². The molecule has 92 valence electrons. The number of nitrogens with one attached hydrogen (secondary N) is 1. The molecule has 0 spiro atoms. The molecule has 4 N–H and O–H groups in total. The molecule has 17 heavy (non-hydrogen) atoms. The molecule has 0 radical (unpaired) electrons. The Labute approximate surface area is 94.2 Å². The van der Waals surface area contributed by atoms with Gasteiger partial charge in [-0.05, 0) is 12.5 Å². The summed E-state index contributed by atoms with van der Waals surface area (Å²) in [7, 11) is 0. The molecule has 1 aliphatic carbocycles. The Hall–Kier alpha value is -1.76. The summed E-state index contributed by atoms with van der Waals surface area (Å²) in [5.74, 6) is -7.14. The lowest BCUT2D eigenvalue weighted by Crippen LogP contribution is -2.30. The van der Waals surface area contributed by atoms with Crippen LogP contribution >= 0.6 is 0 Å². The number of aromatic hydroxyl groups is 1. The summed E-state index contributed by atoms with van der Waals surface area (Å²) >= 11 is 0. The predicted molar refractivity (Wildman–Crippen MR) is 51.8 cm³/mol. The number of phenolic OH excluding ortho intramolecular Hbond substituents is 1. The first-order valence-corrected chi connectivity index (χ1v) is 4.84. The fourth-order valence-corrected chi connectivity index (χ4v) is 1.38. The zero-order valence-corrected chi connectivity index (χ0v) is 8.51. The number of hydrogen-bond donors (Lipinski definition) is 3. The first-order valence-electron chi connectivity index (χ1n) is 4.84. The first kappa shape index (κ1) is 11.7. The molecule has 0 saturated heterocycles. The maximum atomic E-state index is 13.3. The molecule has 0 heterocycles. The molecular formula is C10H9F3N2O2. The van der Waals surface area contributed by atoms with Gasteiger partial charge >= 0.3 is 0 Å². The minimum atomic E-state index is -1.72. The van der Waals surface area contributed by atoms with Crippen LogP contribution in [-0.2, 0) is 0 Å². The Bertz CT molecular complexity index is 493. The number of carbonyl (C=O) groups excluding carboxylic acids is 1. The third kappa shape index (κ3) is 2.05. The lowest BCUT2D eigenvalue weighted by molar-refractivity contribution is 0.0944. The van der Waals surface area contributed by atoms with Crippen molar-refractivity contribution in [1.29, 1.82) is 0 Å². The number of amides is 1. The van der Waals surface area contributed by atoms with Crippen LogP contribution in [0.1, 0.15) is 16.8 Å². The van der Waals surface area contributed by atoms with Crippen molar-refractivity contribution in [2.75, 3.05) is 0 Å². The molecule has 1 saturated carbocycles. The van der Waals surface area contributed by atoms with E-state index < -0.39 is 34.7 Å². The molecule has 0 bridgehead atoms. The number of carbonyl (C=O) groups is 1. The average molecular weight is 246 g/mol. The van der Waals surface area contributed by atoms with Crippen molar-refractivity contribution in [3.8, 4) is 5.75 Å². The molecule has 2 rings (SSSR count). The number of phenols is 1. The molecule has 0 aromatic heterocycles. The molecule has 1 fully saturated rings. The van der Waals surface area contributed by atoms with E-state index in [4.69, 9.17) is 10.8 Å². The fraction of sp³-hybridized carbons (Fsp3) is 0.300. The average Bonchev–Trinajstić information content (AvgIpc) is 2.96. The zero-order valence-electron chi connectivity index (χ0n) is 8.51. The highest BCUT2D eigenvalue weighted by Crippen LogP contribution is 2.26. The van der Waals surface area contributed by atoms with Crippen LogP contribution in [0.2, 0.25) is 0 Å². The van der Waals surface area contributed by atoms with Gasteiger partial charge in [0.05, 0.1) is 5.56 Å². The second kappa shape index (κ2) is 3.92. The molecule has 1 amide bonds. The van der Waals surface area contributed by atoms with E-state index in [0.717, 1.165) is 0 Å². The Morgan fingerprint density at radius 3 is 2.53 bits per heavy atom. The van der Waals surface area contributed by atoms with Crippen LogP contribution in [0, 0.1) is 17.5 Å². The van der Waals surface area contributed by atoms with Crippen molar-refractivity contribution in [3.05, 3.63) is 29.1 Å². The van der Waals surface area contributed by atoms with Crippen LogP contribution in [0.25, 0.3) is 0 Å². The maximum Gasteiger partial charge on any atom is 0.254 e. The highest BCUT2D eigenvalue weighted by atomic mass is 19.2. The summed E-state index contributed by atoms with van der Waals surface area (Å²) < 4.78 is 39.0. The van der Waals surface area contributed by atoms with Crippen molar-refractivity contribution < 1.29 is 23.1 Å². The third-order valence-electron chi connectivity index (χ3n) is 2.53. The molecule has 2 atom stereocenters. The van der Waals surface area contributed by atoms with Gasteiger partial charge in [0.15, 0.2) is 17.4 Å². The van der Waals surface area contributed by atoms with Gasteiger partial charge < -0.3 is 16.2 Å². The van der Waals surface area contributed by atoms with E-state index in [2.05, 4.69) is 5.32 Å². The SMILES string of the molecule is NC1CC1NC(=O)c1cc(F)c(F)c(O)c1F.